The Morgan fingerprint density at radius 1 is 0.618 bits per heavy atom. The third-order valence-corrected chi connectivity index (χ3v) is 10.7. The zero-order valence-corrected chi connectivity index (χ0v) is 26.4. The number of carboxylic acid groups (broad SMARTS) is 2. The molecule has 0 aliphatic heterocycles. The maximum Gasteiger partial charge on any atom is 2.00 e. The molecule has 34 heavy (non-hydrogen) atoms. The predicted octanol–water partition coefficient (Wildman–Crippen LogP) is 6.35. The van der Waals surface area contributed by atoms with Gasteiger partial charge in [0.15, 0.2) is 0 Å². The van der Waals surface area contributed by atoms with Gasteiger partial charge in [-0.3, -0.25) is 0 Å². The molecule has 0 aromatic rings. The first-order valence-corrected chi connectivity index (χ1v) is 16.2. The first-order valence-electron chi connectivity index (χ1n) is 13.8. The molecule has 0 aliphatic rings. The summed E-state index contributed by atoms with van der Waals surface area (Å²) < 4.78 is 0. The van der Waals surface area contributed by atoms with Crippen molar-refractivity contribution in [1.82, 2.24) is 0 Å². The van der Waals surface area contributed by atoms with Gasteiger partial charge < -0.3 is 19.8 Å². The Bertz CT molecular complexity index is 406. The minimum absolute atomic E-state index is 0. The van der Waals surface area contributed by atoms with E-state index in [1.165, 1.54) is 0 Å². The van der Waals surface area contributed by atoms with Crippen LogP contribution in [-0.2, 0) is 26.4 Å². The van der Waals surface area contributed by atoms with Gasteiger partial charge in [-0.05, 0) is 37.5 Å². The van der Waals surface area contributed by atoms with Crippen LogP contribution >= 0.6 is 0 Å². The van der Waals surface area contributed by atoms with Crippen LogP contribution in [-0.4, -0.2) is 26.1 Å². The molecule has 0 aliphatic carbocycles. The molecule has 0 fully saturated rings. The Hall–Kier alpha value is -0.0210. The molecule has 205 valence electrons. The Kier molecular flexibility index (Phi) is 33.3. The first kappa shape index (κ1) is 41.1. The summed E-state index contributed by atoms with van der Waals surface area (Å²) in [6.45, 7) is 22.1. The fourth-order valence-corrected chi connectivity index (χ4v) is 8.74. The third kappa shape index (κ3) is 30.0. The summed E-state index contributed by atoms with van der Waals surface area (Å²) in [6, 6.07) is 0. The average molecular weight is 544 g/mol. The van der Waals surface area contributed by atoms with Crippen molar-refractivity contribution in [3.05, 3.63) is 0 Å². The topological polar surface area (TPSA) is 80.3 Å². The maximum absolute atomic E-state index is 10.3. The van der Waals surface area contributed by atoms with E-state index in [-0.39, 0.29) is 28.6 Å². The largest absolute Gasteiger partial charge is 2.00 e. The van der Waals surface area contributed by atoms with E-state index in [0.717, 1.165) is 56.3 Å². The molecule has 0 aromatic heterocycles. The second kappa shape index (κ2) is 27.6. The van der Waals surface area contributed by atoms with E-state index in [0.29, 0.717) is 12.8 Å². The summed E-state index contributed by atoms with van der Waals surface area (Å²) in [5.41, 5.74) is 0. The molecule has 2 atom stereocenters. The van der Waals surface area contributed by atoms with Gasteiger partial charge in [0.2, 0.25) is 0 Å². The van der Waals surface area contributed by atoms with Crippen LogP contribution in [0.5, 0.6) is 0 Å². The number of hydrogen-bond acceptors (Lipinski definition) is 4. The first-order chi connectivity index (χ1) is 15.4. The van der Waals surface area contributed by atoms with E-state index in [2.05, 4.69) is 55.4 Å². The summed E-state index contributed by atoms with van der Waals surface area (Å²) in [6.07, 6.45) is 7.04. The van der Waals surface area contributed by atoms with Gasteiger partial charge in [0.25, 0.3) is 14.1 Å². The molecule has 0 aromatic carbocycles. The monoisotopic (exact) mass is 543 g/mol. The second-order valence-electron chi connectivity index (χ2n) is 10.9. The minimum Gasteiger partial charge on any atom is -0.550 e. The van der Waals surface area contributed by atoms with Crippen LogP contribution in [0.2, 0.25) is 15.8 Å². The predicted molar refractivity (Wildman–Crippen MR) is 141 cm³/mol. The fourth-order valence-electron chi connectivity index (χ4n) is 4.17. The van der Waals surface area contributed by atoms with E-state index < -0.39 is 26.1 Å². The molecule has 6 heteroatoms. The van der Waals surface area contributed by atoms with Gasteiger partial charge in [-0.2, -0.15) is 0 Å². The molecule has 0 N–H and O–H groups in total. The fraction of sp³-hybridized carbons (Fsp3) is 0.929. The van der Waals surface area contributed by atoms with Gasteiger partial charge in [-0.25, -0.2) is 0 Å². The van der Waals surface area contributed by atoms with Gasteiger partial charge in [-0.15, -0.1) is 0 Å². The summed E-state index contributed by atoms with van der Waals surface area (Å²) >= 11 is -0.407. The molecule has 0 spiro atoms. The molecule has 0 amide bonds. The molecule has 0 saturated carbocycles. The molecular weight excluding hydrogens is 486 g/mol. The molecule has 2 unspecified atom stereocenters. The SMILES string of the molecule is CC(C)[CH2][Al]([CH2]C(C)C)[CH2]C(C)C.CCCCC(CC)C(=O)[O-].CCCCC(CC)C(=O)[O-].[Co+2]. The molecule has 0 heterocycles. The van der Waals surface area contributed by atoms with Crippen LogP contribution in [0.4, 0.5) is 0 Å². The van der Waals surface area contributed by atoms with Crippen molar-refractivity contribution < 1.29 is 36.6 Å². The zero-order chi connectivity index (χ0) is 26.4. The standard InChI is InChI=1S/2C8H16O2.3C4H9.Al.Co/c2*1-3-5-6-7(4-2)8(9)10;3*1-4(2)3;;/h2*7H,3-6H2,1-2H3,(H,9,10);3*4H,1H2,2-3H3;;/q;;;;;;+2/p-2. The van der Waals surface area contributed by atoms with Gasteiger partial charge in [0.1, 0.15) is 0 Å². The van der Waals surface area contributed by atoms with Crippen LogP contribution in [0.15, 0.2) is 0 Å². The van der Waals surface area contributed by atoms with Crippen LogP contribution in [0.1, 0.15) is 121 Å². The number of unbranched alkanes of at least 4 members (excludes halogenated alkanes) is 2. The van der Waals surface area contributed by atoms with E-state index in [1.807, 2.05) is 13.8 Å². The maximum atomic E-state index is 10.3. The Labute approximate surface area is 228 Å². The van der Waals surface area contributed by atoms with E-state index in [1.54, 1.807) is 15.8 Å². The number of carboxylic acids is 2. The Balaban J connectivity index is -0.000000198. The van der Waals surface area contributed by atoms with Crippen LogP contribution < -0.4 is 10.2 Å². The Morgan fingerprint density at radius 3 is 1.03 bits per heavy atom. The number of hydrogen-bond donors (Lipinski definition) is 0. The van der Waals surface area contributed by atoms with Crippen molar-refractivity contribution in [1.29, 1.82) is 0 Å². The van der Waals surface area contributed by atoms with Gasteiger partial charge in [0.05, 0.1) is 0 Å². The normalized spacial score (nSPS) is 12.1. The molecule has 0 saturated heterocycles. The molecule has 4 nitrogen and oxygen atoms in total. The third-order valence-electron chi connectivity index (χ3n) is 5.88. The quantitative estimate of drug-likeness (QED) is 0.212. The zero-order valence-electron chi connectivity index (χ0n) is 24.2. The van der Waals surface area contributed by atoms with Crippen LogP contribution in [0.3, 0.4) is 0 Å². The summed E-state index contributed by atoms with van der Waals surface area (Å²) in [5.74, 6) is 0.546. The van der Waals surface area contributed by atoms with Crippen molar-refractivity contribution in [2.75, 3.05) is 0 Å². The van der Waals surface area contributed by atoms with Crippen molar-refractivity contribution in [3.8, 4) is 0 Å². The molecule has 1 radical (unpaired) electrons. The van der Waals surface area contributed by atoms with Gasteiger partial charge >= 0.3 is 16.8 Å². The van der Waals surface area contributed by atoms with Crippen LogP contribution in [0.25, 0.3) is 0 Å². The summed E-state index contributed by atoms with van der Waals surface area (Å²) in [4.78, 5) is 20.7. The van der Waals surface area contributed by atoms with Crippen molar-refractivity contribution in [2.24, 2.45) is 29.6 Å². The Morgan fingerprint density at radius 2 is 0.882 bits per heavy atom. The second-order valence-corrected chi connectivity index (χ2v) is 14.0. The molecule has 0 bridgehead atoms. The van der Waals surface area contributed by atoms with Gasteiger partial charge in [-0.1, -0.05) is 129 Å². The smallest absolute Gasteiger partial charge is 0.550 e. The number of carbonyl (C=O) groups excluding carboxylic acids is 2. The van der Waals surface area contributed by atoms with Crippen molar-refractivity contribution in [3.63, 3.8) is 0 Å². The summed E-state index contributed by atoms with van der Waals surface area (Å²) in [5, 5.41) is 25.3. The number of carbonyl (C=O) groups is 2. The van der Waals surface area contributed by atoms with E-state index in [4.69, 9.17) is 0 Å². The number of rotatable bonds is 16. The van der Waals surface area contributed by atoms with Crippen LogP contribution in [0, 0.1) is 29.6 Å². The van der Waals surface area contributed by atoms with Crippen molar-refractivity contribution in [2.45, 2.75) is 136 Å². The van der Waals surface area contributed by atoms with E-state index in [9.17, 15) is 19.8 Å². The molecular formula is C28H57AlCoO4. The van der Waals surface area contributed by atoms with E-state index >= 15 is 0 Å². The number of aliphatic carboxylic acids is 2. The average Bonchev–Trinajstić information content (AvgIpc) is 2.68. The summed E-state index contributed by atoms with van der Waals surface area (Å²) in [7, 11) is 0. The van der Waals surface area contributed by atoms with Crippen molar-refractivity contribution >= 4 is 26.1 Å². The molecule has 0 rings (SSSR count). The van der Waals surface area contributed by atoms with Gasteiger partial charge in [0, 0.05) is 11.9 Å². The minimum atomic E-state index is -0.893.